The van der Waals surface area contributed by atoms with Gasteiger partial charge in [0.15, 0.2) is 5.71 Å². The summed E-state index contributed by atoms with van der Waals surface area (Å²) in [6, 6.07) is 6.82. The fourth-order valence-corrected chi connectivity index (χ4v) is 3.20. The average molecular weight is 244 g/mol. The second-order valence-corrected chi connectivity index (χ2v) is 6.01. The van der Waals surface area contributed by atoms with Gasteiger partial charge in [-0.1, -0.05) is 26.0 Å². The van der Waals surface area contributed by atoms with Crippen LogP contribution in [0.4, 0.5) is 5.69 Å². The van der Waals surface area contributed by atoms with Crippen LogP contribution in [0.2, 0.25) is 0 Å². The molecule has 0 N–H and O–H groups in total. The van der Waals surface area contributed by atoms with Crippen molar-refractivity contribution in [1.29, 1.82) is 0 Å². The van der Waals surface area contributed by atoms with Crippen LogP contribution < -0.4 is 0 Å². The lowest BCUT2D eigenvalue weighted by atomic mass is 9.77. The summed E-state index contributed by atoms with van der Waals surface area (Å²) in [5.41, 5.74) is 6.17. The van der Waals surface area contributed by atoms with Crippen LogP contribution in [-0.2, 0) is 5.41 Å². The van der Waals surface area contributed by atoms with Gasteiger partial charge >= 0.3 is 0 Å². The predicted molar refractivity (Wildman–Crippen MR) is 79.3 cm³/mol. The maximum atomic E-state index is 2.47. The zero-order valence-electron chi connectivity index (χ0n) is 12.7. The van der Waals surface area contributed by atoms with Crippen molar-refractivity contribution in [2.45, 2.75) is 59.3 Å². The van der Waals surface area contributed by atoms with E-state index < -0.39 is 0 Å². The summed E-state index contributed by atoms with van der Waals surface area (Å²) in [7, 11) is 0. The minimum Gasteiger partial charge on any atom is -0.199 e. The second kappa shape index (κ2) is 4.53. The van der Waals surface area contributed by atoms with E-state index in [0.717, 1.165) is 6.54 Å². The Kier molecular flexibility index (Phi) is 3.35. The summed E-state index contributed by atoms with van der Waals surface area (Å²) in [4.78, 5) is 0. The second-order valence-electron chi connectivity index (χ2n) is 6.01. The molecule has 0 saturated heterocycles. The summed E-state index contributed by atoms with van der Waals surface area (Å²) >= 11 is 0. The van der Waals surface area contributed by atoms with Crippen molar-refractivity contribution in [2.24, 2.45) is 0 Å². The van der Waals surface area contributed by atoms with Gasteiger partial charge in [0.05, 0.1) is 5.41 Å². The van der Waals surface area contributed by atoms with Crippen LogP contribution in [0, 0.1) is 0 Å². The first-order chi connectivity index (χ1) is 8.45. The van der Waals surface area contributed by atoms with E-state index in [4.69, 9.17) is 0 Å². The Morgan fingerprint density at radius 1 is 1.22 bits per heavy atom. The molecule has 2 rings (SSSR count). The van der Waals surface area contributed by atoms with Crippen LogP contribution in [0.5, 0.6) is 0 Å². The smallest absolute Gasteiger partial charge is 0.199 e. The molecule has 0 fully saturated rings. The van der Waals surface area contributed by atoms with Crippen LogP contribution in [0.15, 0.2) is 18.2 Å². The fourth-order valence-electron chi connectivity index (χ4n) is 3.20. The minimum absolute atomic E-state index is 0.172. The van der Waals surface area contributed by atoms with Crippen molar-refractivity contribution in [3.05, 3.63) is 29.3 Å². The van der Waals surface area contributed by atoms with E-state index in [1.54, 1.807) is 5.56 Å². The molecular formula is C17H26N+. The summed E-state index contributed by atoms with van der Waals surface area (Å²) in [5.74, 6) is 0.642. The molecule has 0 spiro atoms. The monoisotopic (exact) mass is 244 g/mol. The summed E-state index contributed by atoms with van der Waals surface area (Å²) in [6.07, 6.45) is 1.21. The topological polar surface area (TPSA) is 3.01 Å². The van der Waals surface area contributed by atoms with Crippen LogP contribution in [0.1, 0.15) is 65.0 Å². The highest BCUT2D eigenvalue weighted by molar-refractivity contribution is 5.94. The Bertz CT molecular complexity index is 494. The van der Waals surface area contributed by atoms with Gasteiger partial charge in [0.1, 0.15) is 6.54 Å². The lowest BCUT2D eigenvalue weighted by molar-refractivity contribution is -0.434. The first-order valence-electron chi connectivity index (χ1n) is 7.20. The molecule has 1 aromatic rings. The number of hydrogen-bond acceptors (Lipinski definition) is 0. The molecular weight excluding hydrogens is 218 g/mol. The van der Waals surface area contributed by atoms with Crippen molar-refractivity contribution in [3.8, 4) is 0 Å². The molecule has 1 aromatic carbocycles. The highest BCUT2D eigenvalue weighted by Gasteiger charge is 2.44. The van der Waals surface area contributed by atoms with Crippen molar-refractivity contribution in [1.82, 2.24) is 0 Å². The molecule has 1 heterocycles. The predicted octanol–water partition coefficient (Wildman–Crippen LogP) is 4.62. The molecule has 98 valence electrons. The lowest BCUT2D eigenvalue weighted by Gasteiger charge is -2.21. The third kappa shape index (κ3) is 1.72. The van der Waals surface area contributed by atoms with Gasteiger partial charge in [0, 0.05) is 18.6 Å². The van der Waals surface area contributed by atoms with Gasteiger partial charge in [0.2, 0.25) is 5.69 Å². The molecule has 0 saturated carbocycles. The molecule has 0 aliphatic carbocycles. The van der Waals surface area contributed by atoms with Crippen LogP contribution in [0.3, 0.4) is 0 Å². The molecule has 1 unspecified atom stereocenters. The zero-order valence-corrected chi connectivity index (χ0v) is 12.7. The Labute approximate surface area is 112 Å². The molecule has 0 radical (unpaired) electrons. The number of benzene rings is 1. The van der Waals surface area contributed by atoms with Gasteiger partial charge in [0.25, 0.3) is 0 Å². The van der Waals surface area contributed by atoms with Crippen molar-refractivity contribution < 1.29 is 4.58 Å². The van der Waals surface area contributed by atoms with Crippen molar-refractivity contribution >= 4 is 11.4 Å². The Morgan fingerprint density at radius 2 is 1.89 bits per heavy atom. The number of hydrogen-bond donors (Lipinski definition) is 0. The largest absolute Gasteiger partial charge is 0.209 e. The number of fused-ring (bicyclic) bond motifs is 1. The lowest BCUT2D eigenvalue weighted by Crippen LogP contribution is -2.27. The molecule has 0 amide bonds. The van der Waals surface area contributed by atoms with E-state index in [0.29, 0.717) is 5.92 Å². The van der Waals surface area contributed by atoms with Crippen LogP contribution in [0.25, 0.3) is 0 Å². The third-order valence-corrected chi connectivity index (χ3v) is 4.76. The van der Waals surface area contributed by atoms with Gasteiger partial charge in [-0.2, -0.15) is 4.58 Å². The van der Waals surface area contributed by atoms with Crippen molar-refractivity contribution in [2.75, 3.05) is 6.54 Å². The number of rotatable bonds is 3. The van der Waals surface area contributed by atoms with E-state index in [2.05, 4.69) is 64.3 Å². The van der Waals surface area contributed by atoms with E-state index in [-0.39, 0.29) is 5.41 Å². The van der Waals surface area contributed by atoms with E-state index in [1.807, 2.05) is 0 Å². The van der Waals surface area contributed by atoms with Gasteiger partial charge < -0.3 is 0 Å². The molecule has 1 aliphatic rings. The molecule has 1 nitrogen and oxygen atoms in total. The highest BCUT2D eigenvalue weighted by Crippen LogP contribution is 2.43. The molecule has 1 heteroatoms. The van der Waals surface area contributed by atoms with E-state index >= 15 is 0 Å². The Balaban J connectivity index is 2.69. The van der Waals surface area contributed by atoms with Gasteiger partial charge in [-0.25, -0.2) is 0 Å². The molecule has 1 aliphatic heterocycles. The third-order valence-electron chi connectivity index (χ3n) is 4.76. The van der Waals surface area contributed by atoms with Gasteiger partial charge in [-0.15, -0.1) is 0 Å². The Morgan fingerprint density at radius 3 is 2.44 bits per heavy atom. The molecule has 0 bridgehead atoms. The van der Waals surface area contributed by atoms with Gasteiger partial charge in [-0.05, 0) is 38.7 Å². The molecule has 18 heavy (non-hydrogen) atoms. The standard InChI is InChI=1S/C17H26N/c1-7-12(3)14-10-9-11-15-16(14)17(5,6)13(4)18(15)8-2/h9-12H,7-8H2,1-6H3/q+1. The quantitative estimate of drug-likeness (QED) is 0.683. The van der Waals surface area contributed by atoms with Gasteiger partial charge in [-0.3, -0.25) is 0 Å². The zero-order chi connectivity index (χ0) is 13.5. The normalized spacial score (nSPS) is 19.0. The highest BCUT2D eigenvalue weighted by atomic mass is 15.0. The molecule has 0 aromatic heterocycles. The van der Waals surface area contributed by atoms with Crippen LogP contribution >= 0.6 is 0 Å². The first kappa shape index (κ1) is 13.3. The summed E-state index contributed by atoms with van der Waals surface area (Å²) in [5, 5.41) is 0. The fraction of sp³-hybridized carbons (Fsp3) is 0.588. The maximum absolute atomic E-state index is 2.47. The first-order valence-corrected chi connectivity index (χ1v) is 7.20. The average Bonchev–Trinajstić information content (AvgIpc) is 2.56. The van der Waals surface area contributed by atoms with E-state index in [9.17, 15) is 0 Å². The SMILES string of the molecule is CCC(C)c1cccc2c1C(C)(C)C(C)=[N+]2CC. The maximum Gasteiger partial charge on any atom is 0.209 e. The van der Waals surface area contributed by atoms with Crippen molar-refractivity contribution in [3.63, 3.8) is 0 Å². The summed E-state index contributed by atoms with van der Waals surface area (Å²) in [6.45, 7) is 14.9. The van der Waals surface area contributed by atoms with Crippen LogP contribution in [-0.4, -0.2) is 16.8 Å². The minimum atomic E-state index is 0.172. The number of nitrogens with zero attached hydrogens (tertiary/aromatic N) is 1. The summed E-state index contributed by atoms with van der Waals surface area (Å²) < 4.78 is 2.47. The Hall–Kier alpha value is -1.11. The molecule has 1 atom stereocenters. The van der Waals surface area contributed by atoms with E-state index in [1.165, 1.54) is 23.4 Å².